The number of nitrogens with zero attached hydrogens (tertiary/aromatic N) is 2. The third kappa shape index (κ3) is 4.42. The predicted molar refractivity (Wildman–Crippen MR) is 249 cm³/mol. The number of aromatic nitrogens is 1. The molecule has 0 atom stereocenters. The number of hydrogen-bond acceptors (Lipinski definition) is 3. The Morgan fingerprint density at radius 2 is 1.28 bits per heavy atom. The number of nitrogens with two attached hydrogens (primary N) is 1. The third-order valence-electron chi connectivity index (χ3n) is 13.2. The zero-order valence-electron chi connectivity index (χ0n) is 34.1. The van der Waals surface area contributed by atoms with E-state index < -0.39 is 0 Å². The maximum atomic E-state index is 7.13. The van der Waals surface area contributed by atoms with Gasteiger partial charge in [-0.25, -0.2) is 0 Å². The summed E-state index contributed by atoms with van der Waals surface area (Å²) in [6, 6.07) is 47.5. The Morgan fingerprint density at radius 1 is 0.603 bits per heavy atom. The number of fused-ring (bicyclic) bond motifs is 13. The zero-order valence-corrected chi connectivity index (χ0v) is 34.1. The van der Waals surface area contributed by atoms with Gasteiger partial charge in [0.2, 0.25) is 0 Å². The number of aryl methyl sites for hydroxylation is 1. The molecule has 58 heavy (non-hydrogen) atoms. The lowest BCUT2D eigenvalue weighted by atomic mass is 9.44. The van der Waals surface area contributed by atoms with E-state index in [-0.39, 0.29) is 17.7 Å². The summed E-state index contributed by atoms with van der Waals surface area (Å²) < 4.78 is 9.45. The predicted octanol–water partition coefficient (Wildman–Crippen LogP) is 12.9. The molecular weight excluding hydrogens is 705 g/mol. The summed E-state index contributed by atoms with van der Waals surface area (Å²) in [5, 5.41) is 9.63. The first-order chi connectivity index (χ1) is 27.8. The van der Waals surface area contributed by atoms with Crippen LogP contribution in [0.15, 0.2) is 132 Å². The SMILES string of the molecule is Cc1c2c(cc3cc4ccccc4cc13)B1c3c(cc(N)cc3N2c2cc(C(C)(C)C)cc(C(C)(C)C)c2)-c2cc3c4ccccc4oc3c3c4ccccc4n1c23. The third-order valence-corrected chi connectivity index (χ3v) is 13.2. The van der Waals surface area contributed by atoms with E-state index in [4.69, 9.17) is 10.2 Å². The number of nitrogen functional groups attached to an aromatic ring is 1. The second-order valence-corrected chi connectivity index (χ2v) is 18.9. The van der Waals surface area contributed by atoms with Crippen molar-refractivity contribution in [3.8, 4) is 11.1 Å². The van der Waals surface area contributed by atoms with Gasteiger partial charge in [-0.2, -0.15) is 0 Å². The normalized spacial score (nSPS) is 13.8. The molecule has 2 N–H and O–H groups in total. The fourth-order valence-electron chi connectivity index (χ4n) is 10.4. The number of benzene rings is 8. The lowest BCUT2D eigenvalue weighted by molar-refractivity contribution is 0.569. The highest BCUT2D eigenvalue weighted by Gasteiger charge is 2.44. The van der Waals surface area contributed by atoms with Crippen LogP contribution < -0.4 is 21.6 Å². The van der Waals surface area contributed by atoms with Crippen molar-refractivity contribution in [3.63, 3.8) is 0 Å². The van der Waals surface area contributed by atoms with E-state index in [9.17, 15) is 0 Å². The minimum Gasteiger partial charge on any atom is -0.455 e. The van der Waals surface area contributed by atoms with Crippen LogP contribution in [0.3, 0.4) is 0 Å². The van der Waals surface area contributed by atoms with Crippen molar-refractivity contribution < 1.29 is 4.42 Å². The molecule has 4 nitrogen and oxygen atoms in total. The van der Waals surface area contributed by atoms with Gasteiger partial charge in [-0.3, -0.25) is 0 Å². The minimum atomic E-state index is -0.115. The minimum absolute atomic E-state index is 0.0585. The Hall–Kier alpha value is -6.46. The van der Waals surface area contributed by atoms with E-state index in [2.05, 4.69) is 185 Å². The molecule has 0 aliphatic carbocycles. The van der Waals surface area contributed by atoms with E-state index >= 15 is 0 Å². The molecule has 0 spiro atoms. The molecule has 0 amide bonds. The monoisotopic (exact) mass is 749 g/mol. The van der Waals surface area contributed by atoms with Crippen molar-refractivity contribution in [1.29, 1.82) is 0 Å². The molecule has 0 saturated carbocycles. The Morgan fingerprint density at radius 3 is 2.02 bits per heavy atom. The van der Waals surface area contributed by atoms with Gasteiger partial charge >= 0.3 is 6.85 Å². The van der Waals surface area contributed by atoms with Crippen molar-refractivity contribution >= 4 is 106 Å². The molecule has 0 saturated heterocycles. The highest BCUT2D eigenvalue weighted by Crippen LogP contribution is 2.51. The molecule has 0 bridgehead atoms. The molecule has 0 unspecified atom stereocenters. The summed E-state index contributed by atoms with van der Waals surface area (Å²) >= 11 is 0. The van der Waals surface area contributed by atoms with E-state index in [0.717, 1.165) is 44.4 Å². The number of para-hydroxylation sites is 2. The van der Waals surface area contributed by atoms with Gasteiger partial charge in [0, 0.05) is 55.5 Å². The van der Waals surface area contributed by atoms with Gasteiger partial charge in [0.15, 0.2) is 0 Å². The molecule has 12 rings (SSSR count). The van der Waals surface area contributed by atoms with Crippen molar-refractivity contribution in [2.24, 2.45) is 0 Å². The van der Waals surface area contributed by atoms with Crippen LogP contribution >= 0.6 is 0 Å². The van der Waals surface area contributed by atoms with Gasteiger partial charge in [0.1, 0.15) is 11.2 Å². The van der Waals surface area contributed by atoms with Crippen LogP contribution in [-0.4, -0.2) is 11.3 Å². The summed E-state index contributed by atoms with van der Waals surface area (Å²) in [5.41, 5.74) is 24.4. The number of hydrogen-bond donors (Lipinski definition) is 1. The van der Waals surface area contributed by atoms with Gasteiger partial charge in [-0.15, -0.1) is 0 Å². The molecular formula is C53H44BN3O. The first kappa shape index (κ1) is 33.7. The van der Waals surface area contributed by atoms with Crippen LogP contribution in [0.2, 0.25) is 0 Å². The summed E-state index contributed by atoms with van der Waals surface area (Å²) in [6.07, 6.45) is 0. The number of furan rings is 1. The second kappa shape index (κ2) is 11.1. The molecule has 2 aliphatic heterocycles. The van der Waals surface area contributed by atoms with E-state index in [1.807, 2.05) is 0 Å². The molecule has 0 fully saturated rings. The lowest BCUT2D eigenvalue weighted by Gasteiger charge is -2.42. The van der Waals surface area contributed by atoms with Crippen LogP contribution in [0, 0.1) is 6.92 Å². The maximum absolute atomic E-state index is 7.13. The summed E-state index contributed by atoms with van der Waals surface area (Å²) in [5.74, 6) is 0. The molecule has 10 aromatic rings. The van der Waals surface area contributed by atoms with Crippen LogP contribution in [0.1, 0.15) is 58.2 Å². The zero-order chi connectivity index (χ0) is 39.6. The van der Waals surface area contributed by atoms with Crippen molar-refractivity contribution in [1.82, 2.24) is 4.48 Å². The fourth-order valence-corrected chi connectivity index (χ4v) is 10.4. The van der Waals surface area contributed by atoms with Gasteiger partial charge in [-0.1, -0.05) is 114 Å². The average Bonchev–Trinajstić information content (AvgIpc) is 3.74. The average molecular weight is 750 g/mol. The van der Waals surface area contributed by atoms with Crippen molar-refractivity contribution in [3.05, 3.63) is 144 Å². The Bertz CT molecular complexity index is 3430. The summed E-state index contributed by atoms with van der Waals surface area (Å²) in [4.78, 5) is 2.56. The van der Waals surface area contributed by atoms with E-state index in [1.54, 1.807) is 0 Å². The second-order valence-electron chi connectivity index (χ2n) is 18.9. The van der Waals surface area contributed by atoms with Crippen LogP contribution in [0.4, 0.5) is 22.7 Å². The van der Waals surface area contributed by atoms with Gasteiger partial charge < -0.3 is 19.5 Å². The fraction of sp³-hybridized carbons (Fsp3) is 0.170. The summed E-state index contributed by atoms with van der Waals surface area (Å²) in [7, 11) is 0. The molecule has 0 radical (unpaired) electrons. The van der Waals surface area contributed by atoms with Crippen molar-refractivity contribution in [2.45, 2.75) is 59.3 Å². The highest BCUT2D eigenvalue weighted by atomic mass is 16.3. The lowest BCUT2D eigenvalue weighted by Crippen LogP contribution is -2.57. The van der Waals surface area contributed by atoms with Crippen LogP contribution in [0.5, 0.6) is 0 Å². The van der Waals surface area contributed by atoms with Gasteiger partial charge in [0.25, 0.3) is 0 Å². The van der Waals surface area contributed by atoms with Crippen molar-refractivity contribution in [2.75, 3.05) is 10.6 Å². The first-order valence-corrected chi connectivity index (χ1v) is 20.6. The van der Waals surface area contributed by atoms with Gasteiger partial charge in [0.05, 0.1) is 5.39 Å². The quantitative estimate of drug-likeness (QED) is 0.103. The first-order valence-electron chi connectivity index (χ1n) is 20.6. The Labute approximate surface area is 338 Å². The summed E-state index contributed by atoms with van der Waals surface area (Å²) in [6.45, 7) is 16.2. The molecule has 2 aliphatic rings. The molecule has 5 heteroatoms. The Balaban J connectivity index is 1.29. The standard InChI is InChI=1S/C53H44BN3O/c1-29-39-21-31-15-9-8-14-30(31)20-32(39)22-43-49(29)56(36-24-33(52(2,3)4)23-34(25-36)53(5,6)7)45-27-35(55)26-40-41-28-42-37-16-11-13-19-46(37)58-51(42)47-38-17-10-12-18-44(38)57(50(41)47)54(43)48(40)45/h8-28H,55H2,1-7H3. The highest BCUT2D eigenvalue weighted by molar-refractivity contribution is 6.90. The largest absolute Gasteiger partial charge is 0.455 e. The van der Waals surface area contributed by atoms with Gasteiger partial charge in [-0.05, 0) is 127 Å². The van der Waals surface area contributed by atoms with Crippen LogP contribution in [-0.2, 0) is 10.8 Å². The topological polar surface area (TPSA) is 47.3 Å². The molecule has 2 aromatic heterocycles. The molecule has 280 valence electrons. The smallest absolute Gasteiger partial charge is 0.333 e. The van der Waals surface area contributed by atoms with E-state index in [1.165, 1.54) is 82.4 Å². The molecule has 4 heterocycles. The maximum Gasteiger partial charge on any atom is 0.333 e. The van der Waals surface area contributed by atoms with E-state index in [0.29, 0.717) is 0 Å². The molecule has 8 aromatic carbocycles. The number of rotatable bonds is 1. The Kier molecular flexibility index (Phi) is 6.46. The number of anilines is 4. The van der Waals surface area contributed by atoms with Crippen LogP contribution in [0.25, 0.3) is 76.4 Å².